The van der Waals surface area contributed by atoms with Crippen LogP contribution in [0.25, 0.3) is 0 Å². The van der Waals surface area contributed by atoms with E-state index in [0.717, 1.165) is 22.7 Å². The van der Waals surface area contributed by atoms with Crippen LogP contribution in [0.3, 0.4) is 0 Å². The molecular formula is C14H18ClN3. The van der Waals surface area contributed by atoms with Gasteiger partial charge in [0, 0.05) is 29.9 Å². The summed E-state index contributed by atoms with van der Waals surface area (Å²) in [5, 5.41) is 8.54. The predicted octanol–water partition coefficient (Wildman–Crippen LogP) is 2.89. The number of likely N-dealkylation sites (N-methyl/N-ethyl adjacent to an activating group) is 1. The van der Waals surface area contributed by atoms with Crippen molar-refractivity contribution in [2.24, 2.45) is 7.05 Å². The first-order chi connectivity index (χ1) is 8.61. The van der Waals surface area contributed by atoms with Crippen molar-refractivity contribution in [1.82, 2.24) is 15.1 Å². The summed E-state index contributed by atoms with van der Waals surface area (Å²) in [6.45, 7) is 2.03. The van der Waals surface area contributed by atoms with Crippen LogP contribution in [0.5, 0.6) is 0 Å². The van der Waals surface area contributed by atoms with Crippen LogP contribution in [0.4, 0.5) is 0 Å². The number of hydrogen-bond acceptors (Lipinski definition) is 2. The van der Waals surface area contributed by atoms with E-state index in [4.69, 9.17) is 11.6 Å². The summed E-state index contributed by atoms with van der Waals surface area (Å²) in [5.41, 5.74) is 3.44. The zero-order valence-corrected chi connectivity index (χ0v) is 11.7. The molecule has 0 bridgehead atoms. The van der Waals surface area contributed by atoms with Gasteiger partial charge in [-0.25, -0.2) is 0 Å². The Labute approximate surface area is 113 Å². The van der Waals surface area contributed by atoms with E-state index in [9.17, 15) is 0 Å². The number of rotatable bonds is 4. The van der Waals surface area contributed by atoms with Crippen LogP contribution in [-0.2, 0) is 13.5 Å². The second kappa shape index (κ2) is 5.55. The Kier molecular flexibility index (Phi) is 4.04. The van der Waals surface area contributed by atoms with Gasteiger partial charge in [-0.1, -0.05) is 29.8 Å². The van der Waals surface area contributed by atoms with Crippen molar-refractivity contribution in [2.45, 2.75) is 19.4 Å². The van der Waals surface area contributed by atoms with Gasteiger partial charge in [0.2, 0.25) is 0 Å². The average Bonchev–Trinajstić information content (AvgIpc) is 2.67. The molecule has 0 aliphatic rings. The molecule has 0 amide bonds. The lowest BCUT2D eigenvalue weighted by Crippen LogP contribution is -2.19. The molecule has 0 saturated heterocycles. The summed E-state index contributed by atoms with van der Waals surface area (Å²) in [5.74, 6) is 0. The molecule has 0 aliphatic heterocycles. The molecule has 96 valence electrons. The zero-order chi connectivity index (χ0) is 13.1. The van der Waals surface area contributed by atoms with E-state index in [0.29, 0.717) is 0 Å². The van der Waals surface area contributed by atoms with Gasteiger partial charge in [0.1, 0.15) is 0 Å². The quantitative estimate of drug-likeness (QED) is 0.919. The van der Waals surface area contributed by atoms with Gasteiger partial charge >= 0.3 is 0 Å². The Morgan fingerprint density at radius 1 is 1.39 bits per heavy atom. The molecule has 2 rings (SSSR count). The highest BCUT2D eigenvalue weighted by Gasteiger charge is 2.16. The molecule has 0 saturated carbocycles. The monoisotopic (exact) mass is 263 g/mol. The molecule has 1 heterocycles. The van der Waals surface area contributed by atoms with Crippen molar-refractivity contribution in [1.29, 1.82) is 0 Å². The zero-order valence-electron chi connectivity index (χ0n) is 10.9. The highest BCUT2D eigenvalue weighted by Crippen LogP contribution is 2.24. The minimum atomic E-state index is 0.235. The van der Waals surface area contributed by atoms with Crippen molar-refractivity contribution in [3.05, 3.63) is 52.3 Å². The summed E-state index contributed by atoms with van der Waals surface area (Å²) in [6, 6.07) is 8.20. The van der Waals surface area contributed by atoms with E-state index in [2.05, 4.69) is 22.7 Å². The van der Waals surface area contributed by atoms with Gasteiger partial charge in [0.25, 0.3) is 0 Å². The van der Waals surface area contributed by atoms with E-state index in [1.165, 1.54) is 5.56 Å². The Bertz CT molecular complexity index is 534. The fourth-order valence-corrected chi connectivity index (χ4v) is 2.42. The number of benzene rings is 1. The van der Waals surface area contributed by atoms with Crippen LogP contribution < -0.4 is 5.32 Å². The fourth-order valence-electron chi connectivity index (χ4n) is 2.21. The van der Waals surface area contributed by atoms with Crippen molar-refractivity contribution >= 4 is 11.6 Å². The van der Waals surface area contributed by atoms with Crippen LogP contribution >= 0.6 is 11.6 Å². The summed E-state index contributed by atoms with van der Waals surface area (Å²) < 4.78 is 1.85. The Balaban J connectivity index is 2.25. The molecule has 4 heteroatoms. The van der Waals surface area contributed by atoms with Gasteiger partial charge < -0.3 is 5.32 Å². The summed E-state index contributed by atoms with van der Waals surface area (Å²) in [4.78, 5) is 0. The molecule has 2 aromatic rings. The Morgan fingerprint density at radius 3 is 2.67 bits per heavy atom. The number of hydrogen-bond donors (Lipinski definition) is 1. The lowest BCUT2D eigenvalue weighted by atomic mass is 10.00. The molecule has 0 aliphatic carbocycles. The SMILES string of the molecule is CNC(Cc1ccccc1Cl)c1cn(C)nc1C. The third-order valence-corrected chi connectivity index (χ3v) is 3.53. The van der Waals surface area contributed by atoms with Crippen molar-refractivity contribution < 1.29 is 0 Å². The van der Waals surface area contributed by atoms with Crippen LogP contribution in [0.1, 0.15) is 22.9 Å². The maximum absolute atomic E-state index is 6.21. The lowest BCUT2D eigenvalue weighted by molar-refractivity contribution is 0.588. The molecule has 0 radical (unpaired) electrons. The third kappa shape index (κ3) is 2.74. The standard InChI is InChI=1S/C14H18ClN3/c1-10-12(9-18(3)17-10)14(16-2)8-11-6-4-5-7-13(11)15/h4-7,9,14,16H,8H2,1-3H3. The third-order valence-electron chi connectivity index (χ3n) is 3.16. The average molecular weight is 264 g/mol. The number of nitrogens with one attached hydrogen (secondary N) is 1. The highest BCUT2D eigenvalue weighted by atomic mass is 35.5. The molecular weight excluding hydrogens is 246 g/mol. The Morgan fingerprint density at radius 2 is 2.11 bits per heavy atom. The van der Waals surface area contributed by atoms with Crippen LogP contribution in [0.2, 0.25) is 5.02 Å². The van der Waals surface area contributed by atoms with E-state index in [1.54, 1.807) is 0 Å². The summed E-state index contributed by atoms with van der Waals surface area (Å²) in [7, 11) is 3.91. The molecule has 1 aromatic carbocycles. The molecule has 0 spiro atoms. The molecule has 3 nitrogen and oxygen atoms in total. The fraction of sp³-hybridized carbons (Fsp3) is 0.357. The Hall–Kier alpha value is -1.32. The van der Waals surface area contributed by atoms with Crippen molar-refractivity contribution in [3.63, 3.8) is 0 Å². The minimum absolute atomic E-state index is 0.235. The molecule has 0 fully saturated rings. The first-order valence-corrected chi connectivity index (χ1v) is 6.40. The van der Waals surface area contributed by atoms with Gasteiger partial charge in [-0.3, -0.25) is 4.68 Å². The smallest absolute Gasteiger partial charge is 0.0641 e. The highest BCUT2D eigenvalue weighted by molar-refractivity contribution is 6.31. The second-order valence-electron chi connectivity index (χ2n) is 4.48. The van der Waals surface area contributed by atoms with E-state index >= 15 is 0 Å². The maximum Gasteiger partial charge on any atom is 0.0641 e. The van der Waals surface area contributed by atoms with Gasteiger partial charge in [-0.15, -0.1) is 0 Å². The van der Waals surface area contributed by atoms with Crippen LogP contribution in [0, 0.1) is 6.92 Å². The molecule has 1 unspecified atom stereocenters. The normalized spacial score (nSPS) is 12.7. The van der Waals surface area contributed by atoms with E-state index in [-0.39, 0.29) is 6.04 Å². The minimum Gasteiger partial charge on any atom is -0.313 e. The van der Waals surface area contributed by atoms with Crippen LogP contribution in [-0.4, -0.2) is 16.8 Å². The van der Waals surface area contributed by atoms with Gasteiger partial charge in [0.05, 0.1) is 5.69 Å². The number of aromatic nitrogens is 2. The van der Waals surface area contributed by atoms with Gasteiger partial charge in [-0.2, -0.15) is 5.10 Å². The van der Waals surface area contributed by atoms with Crippen LogP contribution in [0.15, 0.2) is 30.5 Å². The second-order valence-corrected chi connectivity index (χ2v) is 4.89. The molecule has 1 atom stereocenters. The molecule has 18 heavy (non-hydrogen) atoms. The first-order valence-electron chi connectivity index (χ1n) is 6.02. The van der Waals surface area contributed by atoms with Gasteiger partial charge in [0.15, 0.2) is 0 Å². The topological polar surface area (TPSA) is 29.9 Å². The van der Waals surface area contributed by atoms with Crippen molar-refractivity contribution in [3.8, 4) is 0 Å². The summed E-state index contributed by atoms with van der Waals surface area (Å²) in [6.07, 6.45) is 2.93. The number of nitrogens with zero attached hydrogens (tertiary/aromatic N) is 2. The maximum atomic E-state index is 6.21. The predicted molar refractivity (Wildman–Crippen MR) is 74.9 cm³/mol. The lowest BCUT2D eigenvalue weighted by Gasteiger charge is -2.16. The van der Waals surface area contributed by atoms with Gasteiger partial charge in [-0.05, 0) is 32.0 Å². The van der Waals surface area contributed by atoms with E-state index < -0.39 is 0 Å². The molecule has 1 aromatic heterocycles. The summed E-state index contributed by atoms with van der Waals surface area (Å²) >= 11 is 6.21. The largest absolute Gasteiger partial charge is 0.313 e. The van der Waals surface area contributed by atoms with E-state index in [1.807, 2.05) is 43.9 Å². The van der Waals surface area contributed by atoms with Crippen molar-refractivity contribution in [2.75, 3.05) is 7.05 Å². The number of aryl methyl sites for hydroxylation is 2. The first kappa shape index (κ1) is 13.1. The molecule has 1 N–H and O–H groups in total. The number of halogens is 1.